The fourth-order valence-corrected chi connectivity index (χ4v) is 2.29. The molecular weight excluding hydrogens is 313 g/mol. The molecule has 134 valence electrons. The molecule has 0 aliphatic carbocycles. The zero-order chi connectivity index (χ0) is 17.6. The standard InChI is InChI=1S/C14H25F3N4O2/c1-10(2)6-18-12(22)7-19-13(23)20-4-5-21(11(3)8-20)9-14(15,16)17/h10-11H,4-9H2,1-3H3,(H,18,22)(H,19,23). The lowest BCUT2D eigenvalue weighted by Gasteiger charge is -2.39. The quantitative estimate of drug-likeness (QED) is 0.787. The predicted octanol–water partition coefficient (Wildman–Crippen LogP) is 1.04. The summed E-state index contributed by atoms with van der Waals surface area (Å²) in [5, 5.41) is 5.17. The maximum absolute atomic E-state index is 12.4. The van der Waals surface area contributed by atoms with E-state index in [1.54, 1.807) is 6.92 Å². The molecule has 1 aliphatic rings. The molecule has 1 fully saturated rings. The van der Waals surface area contributed by atoms with E-state index in [-0.39, 0.29) is 38.1 Å². The fraction of sp³-hybridized carbons (Fsp3) is 0.857. The topological polar surface area (TPSA) is 64.7 Å². The molecule has 1 heterocycles. The van der Waals surface area contributed by atoms with Crippen molar-refractivity contribution >= 4 is 11.9 Å². The Labute approximate surface area is 134 Å². The summed E-state index contributed by atoms with van der Waals surface area (Å²) in [4.78, 5) is 26.2. The minimum Gasteiger partial charge on any atom is -0.354 e. The van der Waals surface area contributed by atoms with Crippen molar-refractivity contribution in [3.8, 4) is 0 Å². The Morgan fingerprint density at radius 3 is 2.39 bits per heavy atom. The summed E-state index contributed by atoms with van der Waals surface area (Å²) in [6.45, 7) is 5.57. The number of amides is 3. The highest BCUT2D eigenvalue weighted by molar-refractivity contribution is 5.83. The number of nitrogens with zero attached hydrogens (tertiary/aromatic N) is 2. The number of rotatable bonds is 5. The Hall–Kier alpha value is -1.51. The third kappa shape index (κ3) is 7.54. The minimum atomic E-state index is -4.24. The molecule has 0 bridgehead atoms. The third-order valence-electron chi connectivity index (χ3n) is 3.54. The van der Waals surface area contributed by atoms with E-state index in [4.69, 9.17) is 0 Å². The summed E-state index contributed by atoms with van der Waals surface area (Å²) in [5.41, 5.74) is 0. The molecule has 0 saturated carbocycles. The molecule has 1 saturated heterocycles. The summed E-state index contributed by atoms with van der Waals surface area (Å²) in [5.74, 6) is 0.0352. The molecule has 1 unspecified atom stereocenters. The second-order valence-corrected chi connectivity index (χ2v) is 6.24. The molecule has 23 heavy (non-hydrogen) atoms. The van der Waals surface area contributed by atoms with Gasteiger partial charge in [-0.15, -0.1) is 0 Å². The van der Waals surface area contributed by atoms with Gasteiger partial charge in [-0.3, -0.25) is 9.69 Å². The average molecular weight is 338 g/mol. The zero-order valence-electron chi connectivity index (χ0n) is 13.7. The predicted molar refractivity (Wildman–Crippen MR) is 79.9 cm³/mol. The SMILES string of the molecule is CC(C)CNC(=O)CNC(=O)N1CCN(CC(F)(F)F)C(C)C1. The highest BCUT2D eigenvalue weighted by atomic mass is 19.4. The van der Waals surface area contributed by atoms with E-state index in [2.05, 4.69) is 10.6 Å². The summed E-state index contributed by atoms with van der Waals surface area (Å²) < 4.78 is 37.3. The largest absolute Gasteiger partial charge is 0.401 e. The molecule has 9 heteroatoms. The number of halogens is 3. The Bertz CT molecular complexity index is 415. The lowest BCUT2D eigenvalue weighted by atomic mass is 10.2. The van der Waals surface area contributed by atoms with Gasteiger partial charge in [-0.1, -0.05) is 13.8 Å². The Balaban J connectivity index is 2.35. The highest BCUT2D eigenvalue weighted by Crippen LogP contribution is 2.20. The first-order chi connectivity index (χ1) is 10.6. The number of hydrogen-bond acceptors (Lipinski definition) is 3. The second-order valence-electron chi connectivity index (χ2n) is 6.24. The molecule has 1 aliphatic heterocycles. The van der Waals surface area contributed by atoms with Crippen molar-refractivity contribution in [3.63, 3.8) is 0 Å². The van der Waals surface area contributed by atoms with Gasteiger partial charge < -0.3 is 15.5 Å². The first-order valence-corrected chi connectivity index (χ1v) is 7.68. The van der Waals surface area contributed by atoms with Crippen LogP contribution >= 0.6 is 0 Å². The van der Waals surface area contributed by atoms with Crippen molar-refractivity contribution < 1.29 is 22.8 Å². The molecule has 0 aromatic rings. The van der Waals surface area contributed by atoms with Gasteiger partial charge in [0.1, 0.15) is 0 Å². The maximum atomic E-state index is 12.4. The summed E-state index contributed by atoms with van der Waals surface area (Å²) >= 11 is 0. The summed E-state index contributed by atoms with van der Waals surface area (Å²) in [6, 6.07) is -0.811. The minimum absolute atomic E-state index is 0.136. The molecular formula is C14H25F3N4O2. The van der Waals surface area contributed by atoms with Crippen LogP contribution in [0.1, 0.15) is 20.8 Å². The Kier molecular flexibility index (Phi) is 7.11. The first kappa shape index (κ1) is 19.5. The second kappa shape index (κ2) is 8.37. The average Bonchev–Trinajstić information content (AvgIpc) is 2.43. The summed E-state index contributed by atoms with van der Waals surface area (Å²) in [7, 11) is 0. The zero-order valence-corrected chi connectivity index (χ0v) is 13.7. The van der Waals surface area contributed by atoms with Gasteiger partial charge in [-0.2, -0.15) is 13.2 Å². The van der Waals surface area contributed by atoms with Crippen LogP contribution in [0.2, 0.25) is 0 Å². The number of nitrogens with one attached hydrogen (secondary N) is 2. The lowest BCUT2D eigenvalue weighted by Crippen LogP contribution is -2.57. The molecule has 0 aromatic heterocycles. The number of alkyl halides is 3. The highest BCUT2D eigenvalue weighted by Gasteiger charge is 2.35. The number of piperazine rings is 1. The fourth-order valence-electron chi connectivity index (χ4n) is 2.29. The van der Waals surface area contributed by atoms with Gasteiger partial charge in [0.2, 0.25) is 5.91 Å². The molecule has 6 nitrogen and oxygen atoms in total. The van der Waals surface area contributed by atoms with E-state index < -0.39 is 18.8 Å². The van der Waals surface area contributed by atoms with Gasteiger partial charge in [0.25, 0.3) is 0 Å². The van der Waals surface area contributed by atoms with E-state index in [0.29, 0.717) is 12.5 Å². The van der Waals surface area contributed by atoms with Crippen LogP contribution in [0, 0.1) is 5.92 Å². The molecule has 1 rings (SSSR count). The third-order valence-corrected chi connectivity index (χ3v) is 3.54. The van der Waals surface area contributed by atoms with Gasteiger partial charge in [0.15, 0.2) is 0 Å². The van der Waals surface area contributed by atoms with Crippen LogP contribution in [-0.4, -0.2) is 73.2 Å². The van der Waals surface area contributed by atoms with Crippen molar-refractivity contribution in [2.45, 2.75) is 33.0 Å². The van der Waals surface area contributed by atoms with Gasteiger partial charge in [-0.05, 0) is 12.8 Å². The first-order valence-electron chi connectivity index (χ1n) is 7.68. The van der Waals surface area contributed by atoms with Crippen molar-refractivity contribution in [2.75, 3.05) is 39.3 Å². The van der Waals surface area contributed by atoms with Gasteiger partial charge in [-0.25, -0.2) is 4.79 Å². The molecule has 0 spiro atoms. The van der Waals surface area contributed by atoms with Crippen molar-refractivity contribution in [1.82, 2.24) is 20.4 Å². The van der Waals surface area contributed by atoms with E-state index in [1.165, 1.54) is 9.80 Å². The smallest absolute Gasteiger partial charge is 0.354 e. The van der Waals surface area contributed by atoms with Gasteiger partial charge >= 0.3 is 12.2 Å². The Morgan fingerprint density at radius 1 is 1.22 bits per heavy atom. The van der Waals surface area contributed by atoms with Gasteiger partial charge in [0, 0.05) is 32.2 Å². The van der Waals surface area contributed by atoms with Crippen molar-refractivity contribution in [2.24, 2.45) is 5.92 Å². The van der Waals surface area contributed by atoms with Gasteiger partial charge in [0.05, 0.1) is 13.1 Å². The number of hydrogen-bond donors (Lipinski definition) is 2. The van der Waals surface area contributed by atoms with Crippen LogP contribution in [0.5, 0.6) is 0 Å². The summed E-state index contributed by atoms with van der Waals surface area (Å²) in [6.07, 6.45) is -4.24. The van der Waals surface area contributed by atoms with Crippen molar-refractivity contribution in [3.05, 3.63) is 0 Å². The maximum Gasteiger partial charge on any atom is 0.401 e. The monoisotopic (exact) mass is 338 g/mol. The number of carbonyl (C=O) groups excluding carboxylic acids is 2. The van der Waals surface area contributed by atoms with E-state index >= 15 is 0 Å². The number of urea groups is 1. The molecule has 0 radical (unpaired) electrons. The normalized spacial score (nSPS) is 19.8. The van der Waals surface area contributed by atoms with Crippen LogP contribution < -0.4 is 10.6 Å². The van der Waals surface area contributed by atoms with E-state index in [1.807, 2.05) is 13.8 Å². The number of carbonyl (C=O) groups is 2. The van der Waals surface area contributed by atoms with Crippen LogP contribution in [0.15, 0.2) is 0 Å². The lowest BCUT2D eigenvalue weighted by molar-refractivity contribution is -0.153. The molecule has 3 amide bonds. The Morgan fingerprint density at radius 2 is 1.87 bits per heavy atom. The van der Waals surface area contributed by atoms with E-state index in [0.717, 1.165) is 0 Å². The van der Waals surface area contributed by atoms with Crippen LogP contribution in [0.4, 0.5) is 18.0 Å². The van der Waals surface area contributed by atoms with Crippen LogP contribution in [0.3, 0.4) is 0 Å². The molecule has 2 N–H and O–H groups in total. The molecule has 1 atom stereocenters. The van der Waals surface area contributed by atoms with E-state index in [9.17, 15) is 22.8 Å². The van der Waals surface area contributed by atoms with Crippen LogP contribution in [0.25, 0.3) is 0 Å². The molecule has 0 aromatic carbocycles. The van der Waals surface area contributed by atoms with Crippen molar-refractivity contribution in [1.29, 1.82) is 0 Å². The van der Waals surface area contributed by atoms with Crippen LogP contribution in [-0.2, 0) is 4.79 Å².